The van der Waals surface area contributed by atoms with E-state index in [-0.39, 0.29) is 24.3 Å². The SMILES string of the molecule is CCC[C@@H](NC(=O)[C@@H]1C2CCC(C2)N1C(=O)[C@H](NC(=O)OC(C)(C)C)C(C)(C)C)C(=O)C(=O)OC(C)(C)C. The lowest BCUT2D eigenvalue weighted by Crippen LogP contribution is -2.62. The van der Waals surface area contributed by atoms with E-state index >= 15 is 0 Å². The fourth-order valence-corrected chi connectivity index (χ4v) is 5.15. The van der Waals surface area contributed by atoms with Crippen molar-refractivity contribution in [3.63, 3.8) is 0 Å². The number of piperidine rings is 1. The van der Waals surface area contributed by atoms with Crippen LogP contribution in [0, 0.1) is 11.3 Å². The fourth-order valence-electron chi connectivity index (χ4n) is 5.15. The standard InChI is InChI=1S/C28H47N3O7/c1-11-12-18(20(32)24(35)37-27(5,6)7)29-22(33)19-16-13-14-17(15-16)31(19)23(34)21(26(2,3)4)30-25(36)38-28(8,9)10/h16-19,21H,11-15H2,1-10H3,(H,29,33)(H,30,36)/t16?,17?,18-,19+,21+/m1/s1. The monoisotopic (exact) mass is 537 g/mol. The largest absolute Gasteiger partial charge is 0.454 e. The first kappa shape index (κ1) is 31.6. The Balaban J connectivity index is 2.28. The Morgan fingerprint density at radius 2 is 1.45 bits per heavy atom. The lowest BCUT2D eigenvalue weighted by atomic mass is 9.85. The molecule has 0 radical (unpaired) electrons. The normalized spacial score (nSPS) is 22.9. The molecule has 216 valence electrons. The second kappa shape index (κ2) is 11.6. The zero-order valence-electron chi connectivity index (χ0n) is 24.7. The second-order valence-corrected chi connectivity index (χ2v) is 13.6. The summed E-state index contributed by atoms with van der Waals surface area (Å²) in [6.07, 6.45) is 2.34. The number of Topliss-reactive ketones (excluding diaryl/α,β-unsaturated/α-hetero) is 1. The molecule has 2 aliphatic rings. The third kappa shape index (κ3) is 8.17. The van der Waals surface area contributed by atoms with E-state index in [0.717, 1.165) is 12.8 Å². The van der Waals surface area contributed by atoms with Crippen LogP contribution in [0.3, 0.4) is 0 Å². The molecule has 1 aliphatic carbocycles. The van der Waals surface area contributed by atoms with Crippen molar-refractivity contribution in [2.45, 2.75) is 137 Å². The molecule has 0 aromatic carbocycles. The van der Waals surface area contributed by atoms with Gasteiger partial charge in [-0.15, -0.1) is 0 Å². The van der Waals surface area contributed by atoms with Crippen LogP contribution in [-0.4, -0.2) is 69.9 Å². The molecule has 0 aromatic rings. The molecule has 3 amide bonds. The predicted octanol–water partition coefficient (Wildman–Crippen LogP) is 3.50. The number of ether oxygens (including phenoxy) is 2. The molecule has 0 spiro atoms. The lowest BCUT2D eigenvalue weighted by molar-refractivity contribution is -0.163. The number of rotatable bonds is 8. The van der Waals surface area contributed by atoms with Gasteiger partial charge in [-0.3, -0.25) is 14.4 Å². The highest BCUT2D eigenvalue weighted by Crippen LogP contribution is 2.43. The highest BCUT2D eigenvalue weighted by atomic mass is 16.6. The minimum Gasteiger partial charge on any atom is -0.454 e. The second-order valence-electron chi connectivity index (χ2n) is 13.6. The summed E-state index contributed by atoms with van der Waals surface area (Å²) in [6.45, 7) is 17.6. The maximum absolute atomic E-state index is 13.9. The van der Waals surface area contributed by atoms with Gasteiger partial charge in [0.15, 0.2) is 0 Å². The maximum atomic E-state index is 13.9. The van der Waals surface area contributed by atoms with E-state index in [1.807, 2.05) is 27.7 Å². The van der Waals surface area contributed by atoms with Crippen molar-refractivity contribution in [3.8, 4) is 0 Å². The highest BCUT2D eigenvalue weighted by molar-refractivity contribution is 6.36. The van der Waals surface area contributed by atoms with E-state index in [9.17, 15) is 24.0 Å². The van der Waals surface area contributed by atoms with E-state index in [1.54, 1.807) is 46.4 Å². The zero-order valence-corrected chi connectivity index (χ0v) is 24.7. The lowest BCUT2D eigenvalue weighted by Gasteiger charge is -2.40. The number of fused-ring (bicyclic) bond motifs is 2. The van der Waals surface area contributed by atoms with E-state index in [2.05, 4.69) is 10.6 Å². The number of hydrogen-bond donors (Lipinski definition) is 2. The number of amides is 3. The number of alkyl carbamates (subject to hydrolysis) is 1. The Morgan fingerprint density at radius 1 is 0.868 bits per heavy atom. The molecule has 1 saturated heterocycles. The number of hydrogen-bond acceptors (Lipinski definition) is 7. The van der Waals surface area contributed by atoms with Crippen molar-refractivity contribution in [2.75, 3.05) is 0 Å². The van der Waals surface area contributed by atoms with Gasteiger partial charge in [0.1, 0.15) is 23.3 Å². The fraction of sp³-hybridized carbons (Fsp3) is 0.821. The third-order valence-corrected chi connectivity index (χ3v) is 6.69. The zero-order chi connectivity index (χ0) is 29.2. The minimum absolute atomic E-state index is 0.0648. The van der Waals surface area contributed by atoms with Crippen LogP contribution in [-0.2, 0) is 28.7 Å². The summed E-state index contributed by atoms with van der Waals surface area (Å²) >= 11 is 0. The first-order valence-corrected chi connectivity index (χ1v) is 13.6. The van der Waals surface area contributed by atoms with Crippen molar-refractivity contribution < 1.29 is 33.4 Å². The number of carbonyl (C=O) groups excluding carboxylic acids is 5. The number of ketones is 1. The molecule has 10 nitrogen and oxygen atoms in total. The summed E-state index contributed by atoms with van der Waals surface area (Å²) in [5.41, 5.74) is -2.24. The van der Waals surface area contributed by atoms with E-state index in [1.165, 1.54) is 0 Å². The quantitative estimate of drug-likeness (QED) is 0.358. The summed E-state index contributed by atoms with van der Waals surface area (Å²) < 4.78 is 10.6. The molecule has 1 saturated carbocycles. The van der Waals surface area contributed by atoms with Gasteiger partial charge in [0.2, 0.25) is 11.8 Å². The molecule has 0 aromatic heterocycles. The van der Waals surface area contributed by atoms with Gasteiger partial charge < -0.3 is 25.0 Å². The molecule has 5 atom stereocenters. The van der Waals surface area contributed by atoms with Crippen LogP contribution >= 0.6 is 0 Å². The predicted molar refractivity (Wildman–Crippen MR) is 142 cm³/mol. The molecule has 2 unspecified atom stereocenters. The molecule has 2 bridgehead atoms. The number of likely N-dealkylation sites (tertiary alicyclic amines) is 1. The van der Waals surface area contributed by atoms with Crippen LogP contribution in [0.25, 0.3) is 0 Å². The molecule has 1 heterocycles. The minimum atomic E-state index is -1.04. The van der Waals surface area contributed by atoms with Crippen LogP contribution in [0.4, 0.5) is 4.79 Å². The summed E-state index contributed by atoms with van der Waals surface area (Å²) in [4.78, 5) is 67.1. The number of nitrogens with zero attached hydrogens (tertiary/aromatic N) is 1. The van der Waals surface area contributed by atoms with Gasteiger partial charge in [-0.25, -0.2) is 9.59 Å². The number of carbonyl (C=O) groups is 5. The van der Waals surface area contributed by atoms with E-state index < -0.39 is 58.5 Å². The van der Waals surface area contributed by atoms with Gasteiger partial charge in [-0.05, 0) is 78.6 Å². The molecular formula is C28H47N3O7. The van der Waals surface area contributed by atoms with Crippen molar-refractivity contribution >= 4 is 29.7 Å². The molecule has 2 fully saturated rings. The smallest absolute Gasteiger partial charge is 0.408 e. The highest BCUT2D eigenvalue weighted by Gasteiger charge is 2.54. The van der Waals surface area contributed by atoms with Crippen LogP contribution in [0.2, 0.25) is 0 Å². The summed E-state index contributed by atoms with van der Waals surface area (Å²) in [5, 5.41) is 5.48. The Hall–Kier alpha value is -2.65. The van der Waals surface area contributed by atoms with Gasteiger partial charge in [-0.1, -0.05) is 34.1 Å². The first-order chi connectivity index (χ1) is 17.2. The van der Waals surface area contributed by atoms with E-state index in [4.69, 9.17) is 9.47 Å². The Labute approximate surface area is 226 Å². The summed E-state index contributed by atoms with van der Waals surface area (Å²) in [5.74, 6) is -2.70. The van der Waals surface area contributed by atoms with Crippen LogP contribution in [0.15, 0.2) is 0 Å². The first-order valence-electron chi connectivity index (χ1n) is 13.6. The Kier molecular flexibility index (Phi) is 9.65. The van der Waals surface area contributed by atoms with Gasteiger partial charge in [0, 0.05) is 6.04 Å². The van der Waals surface area contributed by atoms with Crippen LogP contribution in [0.5, 0.6) is 0 Å². The van der Waals surface area contributed by atoms with Gasteiger partial charge in [-0.2, -0.15) is 0 Å². The molecular weight excluding hydrogens is 490 g/mol. The molecule has 10 heteroatoms. The Morgan fingerprint density at radius 3 is 1.95 bits per heavy atom. The van der Waals surface area contributed by atoms with Crippen molar-refractivity contribution in [1.29, 1.82) is 0 Å². The third-order valence-electron chi connectivity index (χ3n) is 6.69. The number of esters is 1. The van der Waals surface area contributed by atoms with E-state index in [0.29, 0.717) is 12.8 Å². The number of nitrogens with one attached hydrogen (secondary N) is 2. The molecule has 38 heavy (non-hydrogen) atoms. The maximum Gasteiger partial charge on any atom is 0.408 e. The molecule has 1 aliphatic heterocycles. The van der Waals surface area contributed by atoms with Gasteiger partial charge >= 0.3 is 12.1 Å². The van der Waals surface area contributed by atoms with Crippen LogP contribution in [0.1, 0.15) is 101 Å². The average molecular weight is 538 g/mol. The van der Waals surface area contributed by atoms with Gasteiger partial charge in [0.25, 0.3) is 5.78 Å². The average Bonchev–Trinajstić information content (AvgIpc) is 3.34. The topological polar surface area (TPSA) is 131 Å². The molecule has 2 rings (SSSR count). The molecule has 2 N–H and O–H groups in total. The van der Waals surface area contributed by atoms with Crippen molar-refractivity contribution in [1.82, 2.24) is 15.5 Å². The van der Waals surface area contributed by atoms with Gasteiger partial charge in [0.05, 0.1) is 6.04 Å². The van der Waals surface area contributed by atoms with Crippen molar-refractivity contribution in [3.05, 3.63) is 0 Å². The van der Waals surface area contributed by atoms with Crippen LogP contribution < -0.4 is 10.6 Å². The van der Waals surface area contributed by atoms with Crippen molar-refractivity contribution in [2.24, 2.45) is 11.3 Å². The Bertz CT molecular complexity index is 926. The summed E-state index contributed by atoms with van der Waals surface area (Å²) in [6, 6.07) is -2.91. The summed E-state index contributed by atoms with van der Waals surface area (Å²) in [7, 11) is 0.